The third-order valence-electron chi connectivity index (χ3n) is 2.34. The largest absolute Gasteiger partial charge is 0.395 e. The minimum absolute atomic E-state index is 0.0279. The number of anilines is 2. The van der Waals surface area contributed by atoms with Crippen molar-refractivity contribution in [2.24, 2.45) is 0 Å². The Morgan fingerprint density at radius 3 is 2.93 bits per heavy atom. The van der Waals surface area contributed by atoms with Gasteiger partial charge < -0.3 is 15.7 Å². The molecule has 1 aromatic heterocycles. The number of aromatic nitrogens is 2. The van der Waals surface area contributed by atoms with Gasteiger partial charge in [-0.05, 0) is 12.8 Å². The van der Waals surface area contributed by atoms with E-state index in [0.717, 1.165) is 19.0 Å². The molecule has 0 aromatic carbocycles. The van der Waals surface area contributed by atoms with E-state index in [0.29, 0.717) is 6.54 Å². The second-order valence-corrected chi connectivity index (χ2v) is 3.55. The fourth-order valence-electron chi connectivity index (χ4n) is 1.53. The van der Waals surface area contributed by atoms with Gasteiger partial charge in [0.05, 0.1) is 12.8 Å². The highest BCUT2D eigenvalue weighted by Gasteiger charge is 2.31. The topological polar surface area (TPSA) is 75.3 Å². The van der Waals surface area contributed by atoms with Crippen molar-refractivity contribution in [2.45, 2.75) is 18.9 Å². The van der Waals surface area contributed by atoms with Crippen LogP contribution in [-0.4, -0.2) is 34.3 Å². The van der Waals surface area contributed by atoms with Crippen molar-refractivity contribution in [3.63, 3.8) is 0 Å². The van der Waals surface area contributed by atoms with Crippen LogP contribution in [0.2, 0.25) is 0 Å². The van der Waals surface area contributed by atoms with Crippen LogP contribution in [-0.2, 0) is 0 Å². The highest BCUT2D eigenvalue weighted by atomic mass is 19.1. The smallest absolute Gasteiger partial charge is 0.222 e. The van der Waals surface area contributed by atoms with Crippen molar-refractivity contribution in [1.82, 2.24) is 9.97 Å². The molecule has 82 valence electrons. The van der Waals surface area contributed by atoms with Crippen LogP contribution in [0.15, 0.2) is 6.20 Å². The maximum absolute atomic E-state index is 13.4. The van der Waals surface area contributed by atoms with Crippen molar-refractivity contribution >= 4 is 11.8 Å². The molecule has 0 spiro atoms. The lowest BCUT2D eigenvalue weighted by Crippen LogP contribution is -2.31. The summed E-state index contributed by atoms with van der Waals surface area (Å²) in [6, 6.07) is 0.279. The van der Waals surface area contributed by atoms with Gasteiger partial charge >= 0.3 is 0 Å². The molecule has 6 heteroatoms. The Bertz CT molecular complexity index is 356. The van der Waals surface area contributed by atoms with Crippen LogP contribution in [0.3, 0.4) is 0 Å². The SMILES string of the molecule is Nc1ncc(F)c(N(CCO)C2CC2)n1. The zero-order valence-corrected chi connectivity index (χ0v) is 8.23. The Hall–Kier alpha value is -1.43. The van der Waals surface area contributed by atoms with Crippen LogP contribution < -0.4 is 10.6 Å². The Morgan fingerprint density at radius 1 is 1.60 bits per heavy atom. The number of nitrogen functional groups attached to an aromatic ring is 1. The predicted octanol–water partition coefficient (Wildman–Crippen LogP) is 0.159. The molecule has 1 aromatic rings. The number of nitrogens with zero attached hydrogens (tertiary/aromatic N) is 3. The van der Waals surface area contributed by atoms with Gasteiger partial charge in [0, 0.05) is 12.6 Å². The summed E-state index contributed by atoms with van der Waals surface area (Å²) >= 11 is 0. The van der Waals surface area contributed by atoms with Gasteiger partial charge in [-0.2, -0.15) is 4.98 Å². The fourth-order valence-corrected chi connectivity index (χ4v) is 1.53. The molecule has 3 N–H and O–H groups in total. The van der Waals surface area contributed by atoms with Gasteiger partial charge in [-0.1, -0.05) is 0 Å². The third-order valence-corrected chi connectivity index (χ3v) is 2.34. The van der Waals surface area contributed by atoms with E-state index in [4.69, 9.17) is 10.8 Å². The van der Waals surface area contributed by atoms with E-state index in [1.54, 1.807) is 4.90 Å². The molecule has 0 atom stereocenters. The summed E-state index contributed by atoms with van der Waals surface area (Å²) in [5, 5.41) is 8.90. The molecule has 0 bridgehead atoms. The molecule has 0 unspecified atom stereocenters. The molecular weight excluding hydrogens is 199 g/mol. The van der Waals surface area contributed by atoms with Gasteiger partial charge in [-0.25, -0.2) is 9.37 Å². The minimum atomic E-state index is -0.496. The number of rotatable bonds is 4. The number of aliphatic hydroxyl groups is 1. The first-order valence-corrected chi connectivity index (χ1v) is 4.88. The van der Waals surface area contributed by atoms with Crippen LogP contribution >= 0.6 is 0 Å². The second kappa shape index (κ2) is 3.98. The van der Waals surface area contributed by atoms with Crippen molar-refractivity contribution < 1.29 is 9.50 Å². The lowest BCUT2D eigenvalue weighted by molar-refractivity contribution is 0.300. The van der Waals surface area contributed by atoms with Crippen molar-refractivity contribution in [2.75, 3.05) is 23.8 Å². The van der Waals surface area contributed by atoms with Gasteiger partial charge in [-0.3, -0.25) is 0 Å². The summed E-state index contributed by atoms with van der Waals surface area (Å²) in [6.07, 6.45) is 3.07. The van der Waals surface area contributed by atoms with Gasteiger partial charge in [-0.15, -0.1) is 0 Å². The summed E-state index contributed by atoms with van der Waals surface area (Å²) in [4.78, 5) is 9.17. The maximum Gasteiger partial charge on any atom is 0.222 e. The zero-order chi connectivity index (χ0) is 10.8. The van der Waals surface area contributed by atoms with Crippen LogP contribution in [0, 0.1) is 5.82 Å². The van der Waals surface area contributed by atoms with E-state index in [2.05, 4.69) is 9.97 Å². The van der Waals surface area contributed by atoms with E-state index in [9.17, 15) is 4.39 Å². The van der Waals surface area contributed by atoms with E-state index in [1.165, 1.54) is 0 Å². The van der Waals surface area contributed by atoms with Crippen molar-refractivity contribution in [3.05, 3.63) is 12.0 Å². The Morgan fingerprint density at radius 2 is 2.33 bits per heavy atom. The number of aliphatic hydroxyl groups excluding tert-OH is 1. The molecule has 2 rings (SSSR count). The molecule has 0 amide bonds. The highest BCUT2D eigenvalue weighted by molar-refractivity contribution is 5.44. The van der Waals surface area contributed by atoms with Crippen molar-refractivity contribution in [3.8, 4) is 0 Å². The van der Waals surface area contributed by atoms with E-state index in [1.807, 2.05) is 0 Å². The average molecular weight is 212 g/mol. The second-order valence-electron chi connectivity index (χ2n) is 3.55. The Labute approximate surface area is 86.7 Å². The first-order valence-electron chi connectivity index (χ1n) is 4.88. The first-order chi connectivity index (χ1) is 7.22. The van der Waals surface area contributed by atoms with Crippen LogP contribution in [0.4, 0.5) is 16.2 Å². The van der Waals surface area contributed by atoms with Crippen molar-refractivity contribution in [1.29, 1.82) is 0 Å². The van der Waals surface area contributed by atoms with Crippen LogP contribution in [0.1, 0.15) is 12.8 Å². The predicted molar refractivity (Wildman–Crippen MR) is 53.9 cm³/mol. The summed E-state index contributed by atoms with van der Waals surface area (Å²) in [6.45, 7) is 0.345. The quantitative estimate of drug-likeness (QED) is 0.743. The lowest BCUT2D eigenvalue weighted by Gasteiger charge is -2.22. The summed E-state index contributed by atoms with van der Waals surface area (Å²) in [7, 11) is 0. The first kappa shape index (κ1) is 10.1. The molecule has 1 heterocycles. The standard InChI is InChI=1S/C9H13FN4O/c10-7-5-12-9(11)13-8(7)14(3-4-15)6-1-2-6/h5-6,15H,1-4H2,(H2,11,12,13). The number of hydrogen-bond donors (Lipinski definition) is 2. The summed E-state index contributed by atoms with van der Waals surface area (Å²) in [5.74, 6) is -0.251. The molecule has 15 heavy (non-hydrogen) atoms. The normalized spacial score (nSPS) is 15.3. The van der Waals surface area contributed by atoms with Gasteiger partial charge in [0.1, 0.15) is 0 Å². The molecule has 0 saturated heterocycles. The number of hydrogen-bond acceptors (Lipinski definition) is 5. The van der Waals surface area contributed by atoms with Gasteiger partial charge in [0.25, 0.3) is 0 Å². The maximum atomic E-state index is 13.4. The monoisotopic (exact) mass is 212 g/mol. The summed E-state index contributed by atoms with van der Waals surface area (Å²) in [5.41, 5.74) is 5.40. The molecule has 1 aliphatic carbocycles. The third kappa shape index (κ3) is 2.15. The Balaban J connectivity index is 2.27. The average Bonchev–Trinajstić information content (AvgIpc) is 3.02. The molecular formula is C9H13FN4O. The van der Waals surface area contributed by atoms with Crippen LogP contribution in [0.5, 0.6) is 0 Å². The number of halogens is 1. The summed E-state index contributed by atoms with van der Waals surface area (Å²) < 4.78 is 13.4. The lowest BCUT2D eigenvalue weighted by atomic mass is 10.4. The molecule has 0 aliphatic heterocycles. The van der Waals surface area contributed by atoms with E-state index in [-0.39, 0.29) is 24.4 Å². The highest BCUT2D eigenvalue weighted by Crippen LogP contribution is 2.31. The molecule has 5 nitrogen and oxygen atoms in total. The Kier molecular flexibility index (Phi) is 2.68. The number of nitrogens with two attached hydrogens (primary N) is 1. The van der Waals surface area contributed by atoms with E-state index >= 15 is 0 Å². The molecule has 1 saturated carbocycles. The molecule has 1 aliphatic rings. The van der Waals surface area contributed by atoms with Gasteiger partial charge in [0.15, 0.2) is 11.6 Å². The molecule has 1 fully saturated rings. The fraction of sp³-hybridized carbons (Fsp3) is 0.556. The van der Waals surface area contributed by atoms with E-state index < -0.39 is 5.82 Å². The molecule has 0 radical (unpaired) electrons. The van der Waals surface area contributed by atoms with Crippen LogP contribution in [0.25, 0.3) is 0 Å². The minimum Gasteiger partial charge on any atom is -0.395 e. The zero-order valence-electron chi connectivity index (χ0n) is 8.23. The van der Waals surface area contributed by atoms with Gasteiger partial charge in [0.2, 0.25) is 5.95 Å².